The van der Waals surface area contributed by atoms with E-state index in [1.165, 1.54) is 11.3 Å². The molecule has 0 aliphatic carbocycles. The van der Waals surface area contributed by atoms with Crippen molar-refractivity contribution in [2.24, 2.45) is 0 Å². The zero-order chi connectivity index (χ0) is 8.39. The molecular weight excluding hydrogens is 238 g/mol. The van der Waals surface area contributed by atoms with E-state index in [1.807, 2.05) is 5.38 Å². The van der Waals surface area contributed by atoms with Gasteiger partial charge in [-0.3, -0.25) is 0 Å². The van der Waals surface area contributed by atoms with Gasteiger partial charge in [-0.15, -0.1) is 11.3 Å². The van der Waals surface area contributed by atoms with Crippen LogP contribution in [-0.2, 0) is 0 Å². The molecular formula is C7H4BrN3S. The third-order valence-electron chi connectivity index (χ3n) is 1.28. The Morgan fingerprint density at radius 2 is 1.92 bits per heavy atom. The minimum absolute atomic E-state index is 0.666. The van der Waals surface area contributed by atoms with Gasteiger partial charge >= 0.3 is 0 Å². The van der Waals surface area contributed by atoms with Crippen LogP contribution < -0.4 is 0 Å². The Bertz CT molecular complexity index is 357. The van der Waals surface area contributed by atoms with E-state index < -0.39 is 0 Å². The Labute approximate surface area is 81.7 Å². The molecule has 0 atom stereocenters. The van der Waals surface area contributed by atoms with Gasteiger partial charge in [0.25, 0.3) is 0 Å². The van der Waals surface area contributed by atoms with Gasteiger partial charge in [0.05, 0.1) is 9.98 Å². The molecule has 0 aliphatic rings. The lowest BCUT2D eigenvalue weighted by atomic mass is 10.4. The minimum Gasteiger partial charge on any atom is -0.241 e. The van der Waals surface area contributed by atoms with Crippen LogP contribution in [0.15, 0.2) is 27.8 Å². The van der Waals surface area contributed by atoms with Crippen molar-refractivity contribution in [1.82, 2.24) is 15.0 Å². The van der Waals surface area contributed by atoms with Crippen LogP contribution in [0.5, 0.6) is 0 Å². The maximum atomic E-state index is 4.11. The molecule has 0 fully saturated rings. The first-order chi connectivity index (χ1) is 5.86. The van der Waals surface area contributed by atoms with Gasteiger partial charge in [0.1, 0.15) is 5.69 Å². The largest absolute Gasteiger partial charge is 0.241 e. The summed E-state index contributed by atoms with van der Waals surface area (Å²) in [6.07, 6.45) is 3.42. The number of nitrogens with zero attached hydrogens (tertiary/aromatic N) is 3. The van der Waals surface area contributed by atoms with Crippen LogP contribution in [0, 0.1) is 0 Å². The monoisotopic (exact) mass is 241 g/mol. The van der Waals surface area contributed by atoms with Gasteiger partial charge in [0.2, 0.25) is 0 Å². The van der Waals surface area contributed by atoms with Crippen molar-refractivity contribution in [2.75, 3.05) is 0 Å². The third kappa shape index (κ3) is 1.51. The molecule has 0 aromatic carbocycles. The Hall–Kier alpha value is -0.810. The summed E-state index contributed by atoms with van der Waals surface area (Å²) in [5.74, 6) is 0.666. The molecule has 2 heterocycles. The number of aromatic nitrogens is 3. The van der Waals surface area contributed by atoms with E-state index in [0.29, 0.717) is 5.82 Å². The molecule has 0 aliphatic heterocycles. The first-order valence-electron chi connectivity index (χ1n) is 3.22. The molecule has 12 heavy (non-hydrogen) atoms. The van der Waals surface area contributed by atoms with Crippen molar-refractivity contribution in [1.29, 1.82) is 0 Å². The predicted octanol–water partition coefficient (Wildman–Crippen LogP) is 2.36. The van der Waals surface area contributed by atoms with Gasteiger partial charge in [-0.05, 0) is 15.9 Å². The first kappa shape index (κ1) is 7.82. The Morgan fingerprint density at radius 1 is 1.17 bits per heavy atom. The van der Waals surface area contributed by atoms with Crippen molar-refractivity contribution in [3.05, 3.63) is 27.8 Å². The number of halogens is 1. The molecule has 3 nitrogen and oxygen atoms in total. The van der Waals surface area contributed by atoms with E-state index in [2.05, 4.69) is 30.9 Å². The molecule has 2 aromatic heterocycles. The normalized spacial score (nSPS) is 10.1. The summed E-state index contributed by atoms with van der Waals surface area (Å²) in [6, 6.07) is 0. The fourth-order valence-corrected chi connectivity index (χ4v) is 1.50. The zero-order valence-corrected chi connectivity index (χ0v) is 8.34. The summed E-state index contributed by atoms with van der Waals surface area (Å²) >= 11 is 4.80. The van der Waals surface area contributed by atoms with Crippen LogP contribution in [0.2, 0.25) is 0 Å². The molecule has 0 amide bonds. The van der Waals surface area contributed by atoms with E-state index in [1.54, 1.807) is 17.9 Å². The highest BCUT2D eigenvalue weighted by atomic mass is 79.9. The van der Waals surface area contributed by atoms with Gasteiger partial charge in [0, 0.05) is 17.8 Å². The second-order valence-electron chi connectivity index (χ2n) is 2.10. The Kier molecular flexibility index (Phi) is 2.14. The van der Waals surface area contributed by atoms with E-state index in [9.17, 15) is 0 Å². The molecule has 0 saturated carbocycles. The third-order valence-corrected chi connectivity index (χ3v) is 2.28. The highest BCUT2D eigenvalue weighted by molar-refractivity contribution is 9.10. The molecule has 0 radical (unpaired) electrons. The highest BCUT2D eigenvalue weighted by Crippen LogP contribution is 2.15. The first-order valence-corrected chi connectivity index (χ1v) is 4.96. The summed E-state index contributed by atoms with van der Waals surface area (Å²) in [5.41, 5.74) is 2.59. The van der Waals surface area contributed by atoms with Crippen LogP contribution in [0.3, 0.4) is 0 Å². The SMILES string of the molecule is Brc1cnc(-c2cscn2)nc1. The quantitative estimate of drug-likeness (QED) is 0.770. The molecule has 0 spiro atoms. The smallest absolute Gasteiger partial charge is 0.179 e. The summed E-state index contributed by atoms with van der Waals surface area (Å²) in [6.45, 7) is 0. The summed E-state index contributed by atoms with van der Waals surface area (Å²) < 4.78 is 0.876. The Balaban J connectivity index is 2.43. The van der Waals surface area contributed by atoms with Gasteiger partial charge < -0.3 is 0 Å². The zero-order valence-electron chi connectivity index (χ0n) is 5.94. The topological polar surface area (TPSA) is 38.7 Å². The Morgan fingerprint density at radius 3 is 2.50 bits per heavy atom. The fraction of sp³-hybridized carbons (Fsp3) is 0. The van der Waals surface area contributed by atoms with Crippen molar-refractivity contribution >= 4 is 27.3 Å². The summed E-state index contributed by atoms with van der Waals surface area (Å²) in [4.78, 5) is 12.3. The lowest BCUT2D eigenvalue weighted by molar-refractivity contribution is 1.14. The van der Waals surface area contributed by atoms with Gasteiger partial charge in [-0.25, -0.2) is 15.0 Å². The summed E-state index contributed by atoms with van der Waals surface area (Å²) in [5, 5.41) is 1.92. The van der Waals surface area contributed by atoms with Crippen LogP contribution in [0.4, 0.5) is 0 Å². The fourth-order valence-electron chi connectivity index (χ4n) is 0.768. The second kappa shape index (κ2) is 3.28. The second-order valence-corrected chi connectivity index (χ2v) is 3.73. The maximum absolute atomic E-state index is 4.11. The van der Waals surface area contributed by atoms with Crippen LogP contribution in [0.1, 0.15) is 0 Å². The molecule has 60 valence electrons. The van der Waals surface area contributed by atoms with Crippen molar-refractivity contribution in [3.63, 3.8) is 0 Å². The number of rotatable bonds is 1. The van der Waals surface area contributed by atoms with Crippen molar-refractivity contribution in [2.45, 2.75) is 0 Å². The summed E-state index contributed by atoms with van der Waals surface area (Å²) in [7, 11) is 0. The van der Waals surface area contributed by atoms with Crippen molar-refractivity contribution < 1.29 is 0 Å². The minimum atomic E-state index is 0.666. The van der Waals surface area contributed by atoms with Crippen LogP contribution in [-0.4, -0.2) is 15.0 Å². The van der Waals surface area contributed by atoms with Gasteiger partial charge in [-0.2, -0.15) is 0 Å². The van der Waals surface area contributed by atoms with E-state index in [-0.39, 0.29) is 0 Å². The number of hydrogen-bond donors (Lipinski definition) is 0. The van der Waals surface area contributed by atoms with Gasteiger partial charge in [-0.1, -0.05) is 0 Å². The molecule has 5 heteroatoms. The maximum Gasteiger partial charge on any atom is 0.179 e. The predicted molar refractivity (Wildman–Crippen MR) is 50.8 cm³/mol. The van der Waals surface area contributed by atoms with Crippen LogP contribution >= 0.6 is 27.3 Å². The number of hydrogen-bond acceptors (Lipinski definition) is 4. The average molecular weight is 242 g/mol. The average Bonchev–Trinajstić information content (AvgIpc) is 2.58. The van der Waals surface area contributed by atoms with E-state index >= 15 is 0 Å². The van der Waals surface area contributed by atoms with Gasteiger partial charge in [0.15, 0.2) is 5.82 Å². The highest BCUT2D eigenvalue weighted by Gasteiger charge is 2.01. The lowest BCUT2D eigenvalue weighted by Gasteiger charge is -1.92. The van der Waals surface area contributed by atoms with E-state index in [4.69, 9.17) is 0 Å². The standard InChI is InChI=1S/C7H4BrN3S/c8-5-1-9-7(10-2-5)6-3-12-4-11-6/h1-4H. The van der Waals surface area contributed by atoms with Crippen molar-refractivity contribution in [3.8, 4) is 11.5 Å². The van der Waals surface area contributed by atoms with E-state index in [0.717, 1.165) is 10.2 Å². The molecule has 0 bridgehead atoms. The lowest BCUT2D eigenvalue weighted by Crippen LogP contribution is -1.86. The molecule has 0 unspecified atom stereocenters. The molecule has 2 aromatic rings. The molecule has 2 rings (SSSR count). The number of thiazole rings is 1. The van der Waals surface area contributed by atoms with Crippen LogP contribution in [0.25, 0.3) is 11.5 Å². The molecule has 0 N–H and O–H groups in total. The molecule has 0 saturated heterocycles.